The fraction of sp³-hybridized carbons (Fsp3) is 0.133. The molecule has 35 heteroatoms. The van der Waals surface area contributed by atoms with Gasteiger partial charge in [0.25, 0.3) is 46.4 Å². The molecule has 1 aromatic heterocycles. The van der Waals surface area contributed by atoms with Crippen LogP contribution in [0.1, 0.15) is 10.4 Å². The van der Waals surface area contributed by atoms with Crippen molar-refractivity contribution in [2.75, 3.05) is 35.3 Å². The van der Waals surface area contributed by atoms with E-state index in [0.717, 1.165) is 0 Å². The smallest absolute Gasteiger partial charge is 0.397 e. The third-order valence-electron chi connectivity index (χ3n) is 8.02. The number of phenols is 1. The first kappa shape index (κ1) is 50.0. The average Bonchev–Trinajstić information content (AvgIpc) is 3.14. The van der Waals surface area contributed by atoms with Crippen LogP contribution in [-0.2, 0) is 64.9 Å². The number of sulfone groups is 1. The molecule has 0 fully saturated rings. The monoisotopic (exact) mass is 1030 g/mol. The van der Waals surface area contributed by atoms with Crippen LogP contribution in [0.5, 0.6) is 5.75 Å². The number of hydrogen-bond acceptors (Lipinski definition) is 22. The van der Waals surface area contributed by atoms with Crippen molar-refractivity contribution < 1.29 is 91.7 Å². The SMILES string of the molecule is O=C(NCCS(=O)(=O)CCOS(=O)(=O)O)c1cccc(Nc2nc(F)nc(Nc3cc(S(=O)(=O)O)cc4cc(S(=O)(=O)O)c(N=Nc5cc(S(=O)(=O)O)ccc5S(=O)(=O)O)c(O)c34)n2)c1. The number of fused-ring (bicyclic) bond motifs is 1. The number of halogens is 1. The molecule has 0 aliphatic carbocycles. The number of anilines is 4. The summed E-state index contributed by atoms with van der Waals surface area (Å²) < 4.78 is 209. The molecule has 1 heterocycles. The number of aromatic hydroxyl groups is 1. The minimum Gasteiger partial charge on any atom is -0.505 e. The van der Waals surface area contributed by atoms with Crippen molar-refractivity contribution in [2.45, 2.75) is 19.6 Å². The van der Waals surface area contributed by atoms with E-state index in [0.29, 0.717) is 36.4 Å². The number of nitrogens with one attached hydrogen (secondary N) is 3. The lowest BCUT2D eigenvalue weighted by molar-refractivity contribution is 0.0956. The fourth-order valence-corrected chi connectivity index (χ4v) is 8.96. The number of amides is 1. The number of hydrogen-bond donors (Lipinski definition) is 9. The summed E-state index contributed by atoms with van der Waals surface area (Å²) >= 11 is 0. The summed E-state index contributed by atoms with van der Waals surface area (Å²) in [4.78, 5) is 19.0. The van der Waals surface area contributed by atoms with Crippen molar-refractivity contribution in [3.8, 4) is 5.75 Å². The molecule has 28 nitrogen and oxygen atoms in total. The summed E-state index contributed by atoms with van der Waals surface area (Å²) in [6.07, 6.45) is -1.54. The predicted octanol–water partition coefficient (Wildman–Crippen LogP) is 1.72. The Bertz CT molecular complexity index is 3490. The van der Waals surface area contributed by atoms with Gasteiger partial charge in [-0.05, 0) is 60.0 Å². The standard InChI is InChI=1S/C30H27FN8O20S6/c31-28-35-29(33-17-3-1-2-15(10-17)27(41)32-6-8-60(42,43)9-7-59-65(56,57)58)37-30(36-28)34-21-14-19(62(47,48)49)11-16-12-23(64(53,54)55)25(26(40)24(16)21)39-38-20-13-18(61(44,45)46)4-5-22(20)63(50,51)52/h1-5,10-14,40H,6-9H2,(H,32,41)(H,44,45,46)(H,47,48,49)(H,50,51,52)(H,53,54,55)(H,56,57,58)(H2,33,34,35,36,37). The lowest BCUT2D eigenvalue weighted by Gasteiger charge is -2.15. The number of benzene rings is 4. The van der Waals surface area contributed by atoms with Crippen LogP contribution in [0.25, 0.3) is 10.8 Å². The Kier molecular flexibility index (Phi) is 14.2. The van der Waals surface area contributed by atoms with Gasteiger partial charge in [0, 0.05) is 23.2 Å². The van der Waals surface area contributed by atoms with Gasteiger partial charge in [0.15, 0.2) is 15.6 Å². The maximum absolute atomic E-state index is 14.9. The number of aromatic nitrogens is 3. The molecule has 0 saturated carbocycles. The van der Waals surface area contributed by atoms with Gasteiger partial charge in [-0.25, -0.2) is 12.6 Å². The van der Waals surface area contributed by atoms with E-state index in [1.54, 1.807) is 0 Å². The quantitative estimate of drug-likeness (QED) is 0.0445. The second kappa shape index (κ2) is 18.5. The van der Waals surface area contributed by atoms with Gasteiger partial charge in [0.1, 0.15) is 21.2 Å². The van der Waals surface area contributed by atoms with Crippen molar-refractivity contribution in [1.29, 1.82) is 0 Å². The molecule has 0 radical (unpaired) electrons. The van der Waals surface area contributed by atoms with E-state index in [-0.39, 0.29) is 11.3 Å². The molecule has 1 amide bonds. The van der Waals surface area contributed by atoms with Gasteiger partial charge in [0.2, 0.25) is 11.9 Å². The molecule has 0 saturated heterocycles. The topological polar surface area (TPSA) is 452 Å². The van der Waals surface area contributed by atoms with E-state index in [9.17, 15) is 83.0 Å². The van der Waals surface area contributed by atoms with Crippen molar-refractivity contribution in [3.05, 3.63) is 72.3 Å². The number of carbonyl (C=O) groups is 1. The van der Waals surface area contributed by atoms with Crippen molar-refractivity contribution >= 4 is 112 Å². The van der Waals surface area contributed by atoms with Crippen LogP contribution in [0.4, 0.5) is 39.0 Å². The molecular weight excluding hydrogens is 1000 g/mol. The number of phenolic OH excluding ortho intramolecular Hbond substituents is 1. The third kappa shape index (κ3) is 13.3. The molecule has 5 aromatic rings. The zero-order valence-electron chi connectivity index (χ0n) is 31.6. The number of rotatable bonds is 18. The van der Waals surface area contributed by atoms with Gasteiger partial charge in [0.05, 0.1) is 33.6 Å². The van der Waals surface area contributed by atoms with Crippen molar-refractivity contribution in [1.82, 2.24) is 20.3 Å². The predicted molar refractivity (Wildman–Crippen MR) is 217 cm³/mol. The number of nitrogens with zero attached hydrogens (tertiary/aromatic N) is 5. The lowest BCUT2D eigenvalue weighted by Crippen LogP contribution is -2.30. The molecular formula is C30H27FN8O20S6. The maximum Gasteiger partial charge on any atom is 0.397 e. The molecule has 0 bridgehead atoms. The van der Waals surface area contributed by atoms with E-state index >= 15 is 0 Å². The van der Waals surface area contributed by atoms with Crippen LogP contribution >= 0.6 is 0 Å². The summed E-state index contributed by atoms with van der Waals surface area (Å²) in [5.41, 5.74) is -3.14. The summed E-state index contributed by atoms with van der Waals surface area (Å²) in [5, 5.41) is 24.2. The molecule has 9 N–H and O–H groups in total. The van der Waals surface area contributed by atoms with E-state index in [4.69, 9.17) is 4.55 Å². The van der Waals surface area contributed by atoms with E-state index in [2.05, 4.69) is 45.3 Å². The summed E-state index contributed by atoms with van der Waals surface area (Å²) in [6.45, 7) is -1.34. The Labute approximate surface area is 365 Å². The van der Waals surface area contributed by atoms with Gasteiger partial charge in [-0.3, -0.25) is 27.6 Å². The molecule has 4 aromatic carbocycles. The molecule has 0 atom stereocenters. The highest BCUT2D eigenvalue weighted by molar-refractivity contribution is 7.91. The van der Waals surface area contributed by atoms with Crippen LogP contribution in [0, 0.1) is 6.08 Å². The van der Waals surface area contributed by atoms with E-state index < -0.39 is 162 Å². The molecule has 0 unspecified atom stereocenters. The first-order valence-electron chi connectivity index (χ1n) is 16.8. The highest BCUT2D eigenvalue weighted by Gasteiger charge is 2.27. The molecule has 0 aliphatic rings. The second-order valence-corrected chi connectivity index (χ2v) is 21.6. The highest BCUT2D eigenvalue weighted by Crippen LogP contribution is 2.46. The number of azo groups is 1. The minimum atomic E-state index is -5.53. The van der Waals surface area contributed by atoms with Gasteiger partial charge >= 0.3 is 16.5 Å². The van der Waals surface area contributed by atoms with Crippen molar-refractivity contribution in [3.63, 3.8) is 0 Å². The Morgan fingerprint density at radius 3 is 1.91 bits per heavy atom. The summed E-state index contributed by atoms with van der Waals surface area (Å²) in [5.74, 6) is -5.07. The Hall–Kier alpha value is -5.99. The fourth-order valence-electron chi connectivity index (χ4n) is 5.30. The van der Waals surface area contributed by atoms with Crippen LogP contribution in [0.2, 0.25) is 0 Å². The normalized spacial score (nSPS) is 13.0. The van der Waals surface area contributed by atoms with E-state index in [1.807, 2.05) is 0 Å². The van der Waals surface area contributed by atoms with E-state index in [1.165, 1.54) is 24.3 Å². The molecule has 0 aliphatic heterocycles. The summed E-state index contributed by atoms with van der Waals surface area (Å²) in [7, 11) is -29.9. The third-order valence-corrected chi connectivity index (χ3v) is 13.6. The van der Waals surface area contributed by atoms with Gasteiger partial charge in [-0.1, -0.05) is 6.07 Å². The largest absolute Gasteiger partial charge is 0.505 e. The van der Waals surface area contributed by atoms with Crippen LogP contribution in [0.3, 0.4) is 0 Å². The second-order valence-electron chi connectivity index (χ2n) is 12.6. The van der Waals surface area contributed by atoms with Crippen molar-refractivity contribution in [2.24, 2.45) is 10.2 Å². The lowest BCUT2D eigenvalue weighted by atomic mass is 10.1. The van der Waals surface area contributed by atoms with Gasteiger partial charge in [-0.2, -0.15) is 61.4 Å². The van der Waals surface area contributed by atoms with Crippen LogP contribution < -0.4 is 16.0 Å². The van der Waals surface area contributed by atoms with Gasteiger partial charge < -0.3 is 21.1 Å². The first-order valence-corrected chi connectivity index (χ1v) is 25.7. The maximum atomic E-state index is 14.9. The highest BCUT2D eigenvalue weighted by atomic mass is 32.3. The number of carbonyl (C=O) groups excluding carboxylic acids is 1. The molecule has 5 rings (SSSR count). The molecule has 65 heavy (non-hydrogen) atoms. The average molecular weight is 1030 g/mol. The van der Waals surface area contributed by atoms with Crippen LogP contribution in [-0.4, -0.2) is 124 Å². The summed E-state index contributed by atoms with van der Waals surface area (Å²) in [6, 6.07) is 8.09. The zero-order chi connectivity index (χ0) is 48.5. The minimum absolute atomic E-state index is 0.00678. The molecule has 0 spiro atoms. The molecule has 350 valence electrons. The Morgan fingerprint density at radius 1 is 0.677 bits per heavy atom. The van der Waals surface area contributed by atoms with Gasteiger partial charge in [-0.15, -0.1) is 10.2 Å². The Balaban J connectivity index is 1.52. The zero-order valence-corrected chi connectivity index (χ0v) is 36.5. The van der Waals surface area contributed by atoms with Crippen LogP contribution in [0.15, 0.2) is 90.5 Å². The first-order chi connectivity index (χ1) is 29.8. The Morgan fingerprint density at radius 2 is 1.31 bits per heavy atom.